The molecule has 0 amide bonds. The molecule has 21 heavy (non-hydrogen) atoms. The first-order chi connectivity index (χ1) is 10.2. The monoisotopic (exact) mass is 289 g/mol. The SMILES string of the molecule is Cc1noc(CN2CC=C(c3cnn(CCO)c3)CC2)n1. The summed E-state index contributed by atoms with van der Waals surface area (Å²) in [5, 5.41) is 17.0. The van der Waals surface area contributed by atoms with Crippen molar-refractivity contribution in [2.75, 3.05) is 19.7 Å². The molecule has 1 aliphatic heterocycles. The maximum absolute atomic E-state index is 8.91. The smallest absolute Gasteiger partial charge is 0.240 e. The van der Waals surface area contributed by atoms with Crippen LogP contribution in [0, 0.1) is 6.92 Å². The van der Waals surface area contributed by atoms with Crippen molar-refractivity contribution in [3.05, 3.63) is 35.7 Å². The van der Waals surface area contributed by atoms with E-state index in [0.29, 0.717) is 24.8 Å². The minimum absolute atomic E-state index is 0.109. The molecular formula is C14H19N5O2. The highest BCUT2D eigenvalue weighted by Gasteiger charge is 2.16. The molecule has 3 heterocycles. The number of hydrogen-bond donors (Lipinski definition) is 1. The first-order valence-electron chi connectivity index (χ1n) is 7.09. The van der Waals surface area contributed by atoms with E-state index in [1.165, 1.54) is 5.57 Å². The zero-order chi connectivity index (χ0) is 14.7. The molecule has 0 radical (unpaired) electrons. The fraction of sp³-hybridized carbons (Fsp3) is 0.500. The molecule has 1 aliphatic rings. The Balaban J connectivity index is 1.60. The largest absolute Gasteiger partial charge is 0.394 e. The summed E-state index contributed by atoms with van der Waals surface area (Å²) in [4.78, 5) is 6.50. The van der Waals surface area contributed by atoms with Crippen LogP contribution < -0.4 is 0 Å². The van der Waals surface area contributed by atoms with Crippen LogP contribution in [0.5, 0.6) is 0 Å². The number of aryl methyl sites for hydroxylation is 1. The molecule has 7 nitrogen and oxygen atoms in total. The molecule has 0 unspecified atom stereocenters. The lowest BCUT2D eigenvalue weighted by atomic mass is 10.0. The first kappa shape index (κ1) is 14.0. The Morgan fingerprint density at radius 2 is 2.33 bits per heavy atom. The molecule has 112 valence electrons. The number of aromatic nitrogens is 4. The van der Waals surface area contributed by atoms with Gasteiger partial charge in [0.05, 0.1) is 25.9 Å². The van der Waals surface area contributed by atoms with Crippen LogP contribution in [0.1, 0.15) is 23.7 Å². The number of nitrogens with zero attached hydrogens (tertiary/aromatic N) is 5. The van der Waals surface area contributed by atoms with Crippen molar-refractivity contribution in [2.45, 2.75) is 26.4 Å². The topological polar surface area (TPSA) is 80.2 Å². The third-order valence-corrected chi connectivity index (χ3v) is 3.55. The Morgan fingerprint density at radius 3 is 3.00 bits per heavy atom. The number of hydrogen-bond acceptors (Lipinski definition) is 6. The lowest BCUT2D eigenvalue weighted by molar-refractivity contribution is 0.245. The summed E-state index contributed by atoms with van der Waals surface area (Å²) in [5.74, 6) is 1.34. The van der Waals surface area contributed by atoms with Gasteiger partial charge in [-0.2, -0.15) is 10.1 Å². The second kappa shape index (κ2) is 6.19. The Bertz CT molecular complexity index is 631. The number of aliphatic hydroxyl groups is 1. The molecular weight excluding hydrogens is 270 g/mol. The maximum Gasteiger partial charge on any atom is 0.240 e. The zero-order valence-electron chi connectivity index (χ0n) is 12.1. The van der Waals surface area contributed by atoms with Crippen LogP contribution in [0.25, 0.3) is 5.57 Å². The van der Waals surface area contributed by atoms with E-state index in [1.54, 1.807) is 4.68 Å². The summed E-state index contributed by atoms with van der Waals surface area (Å²) < 4.78 is 6.92. The highest BCUT2D eigenvalue weighted by atomic mass is 16.5. The molecule has 3 rings (SSSR count). The molecule has 0 fully saturated rings. The molecule has 0 spiro atoms. The highest BCUT2D eigenvalue weighted by Crippen LogP contribution is 2.22. The molecule has 2 aromatic heterocycles. The van der Waals surface area contributed by atoms with Crippen molar-refractivity contribution in [1.82, 2.24) is 24.8 Å². The van der Waals surface area contributed by atoms with E-state index in [9.17, 15) is 0 Å². The van der Waals surface area contributed by atoms with Crippen molar-refractivity contribution in [3.8, 4) is 0 Å². The second-order valence-corrected chi connectivity index (χ2v) is 5.17. The predicted molar refractivity (Wildman–Crippen MR) is 76.2 cm³/mol. The average Bonchev–Trinajstić information content (AvgIpc) is 3.10. The van der Waals surface area contributed by atoms with Gasteiger partial charge in [0.2, 0.25) is 5.89 Å². The zero-order valence-corrected chi connectivity index (χ0v) is 12.1. The van der Waals surface area contributed by atoms with E-state index in [1.807, 2.05) is 19.3 Å². The van der Waals surface area contributed by atoms with E-state index in [4.69, 9.17) is 9.63 Å². The van der Waals surface area contributed by atoms with Crippen molar-refractivity contribution >= 4 is 5.57 Å². The van der Waals surface area contributed by atoms with Crippen molar-refractivity contribution < 1.29 is 9.63 Å². The van der Waals surface area contributed by atoms with Crippen LogP contribution in [0.4, 0.5) is 0 Å². The van der Waals surface area contributed by atoms with E-state index < -0.39 is 0 Å². The summed E-state index contributed by atoms with van der Waals surface area (Å²) in [7, 11) is 0. The third kappa shape index (κ3) is 3.37. The van der Waals surface area contributed by atoms with E-state index in [-0.39, 0.29) is 6.61 Å². The van der Waals surface area contributed by atoms with Gasteiger partial charge < -0.3 is 9.63 Å². The predicted octanol–water partition coefficient (Wildman–Crippen LogP) is 0.856. The first-order valence-corrected chi connectivity index (χ1v) is 7.09. The van der Waals surface area contributed by atoms with Crippen LogP contribution >= 0.6 is 0 Å². The molecule has 0 atom stereocenters. The average molecular weight is 289 g/mol. The van der Waals surface area contributed by atoms with Gasteiger partial charge >= 0.3 is 0 Å². The lowest BCUT2D eigenvalue weighted by Gasteiger charge is -2.24. The van der Waals surface area contributed by atoms with Gasteiger partial charge in [0.25, 0.3) is 0 Å². The van der Waals surface area contributed by atoms with Gasteiger partial charge in [-0.05, 0) is 18.9 Å². The maximum atomic E-state index is 8.91. The fourth-order valence-electron chi connectivity index (χ4n) is 2.47. The van der Waals surface area contributed by atoms with Crippen LogP contribution in [0.3, 0.4) is 0 Å². The number of rotatable bonds is 5. The fourth-order valence-corrected chi connectivity index (χ4v) is 2.47. The minimum Gasteiger partial charge on any atom is -0.394 e. The van der Waals surface area contributed by atoms with E-state index in [0.717, 1.165) is 25.1 Å². The summed E-state index contributed by atoms with van der Waals surface area (Å²) in [5.41, 5.74) is 2.44. The summed E-state index contributed by atoms with van der Waals surface area (Å²) >= 11 is 0. The summed E-state index contributed by atoms with van der Waals surface area (Å²) in [6, 6.07) is 0. The summed E-state index contributed by atoms with van der Waals surface area (Å²) in [6.07, 6.45) is 7.03. The van der Waals surface area contributed by atoms with Gasteiger partial charge in [0, 0.05) is 24.8 Å². The Hall–Kier alpha value is -1.99. The molecule has 0 bridgehead atoms. The molecule has 0 saturated carbocycles. The normalized spacial score (nSPS) is 16.2. The van der Waals surface area contributed by atoms with Crippen LogP contribution in [0.2, 0.25) is 0 Å². The highest BCUT2D eigenvalue weighted by molar-refractivity contribution is 5.65. The van der Waals surface area contributed by atoms with E-state index >= 15 is 0 Å². The Kier molecular flexibility index (Phi) is 4.12. The van der Waals surface area contributed by atoms with Gasteiger partial charge in [-0.25, -0.2) is 0 Å². The van der Waals surface area contributed by atoms with Gasteiger partial charge in [-0.1, -0.05) is 11.2 Å². The van der Waals surface area contributed by atoms with Crippen molar-refractivity contribution in [3.63, 3.8) is 0 Å². The van der Waals surface area contributed by atoms with Crippen molar-refractivity contribution in [1.29, 1.82) is 0 Å². The van der Waals surface area contributed by atoms with Gasteiger partial charge in [-0.3, -0.25) is 9.58 Å². The number of aliphatic hydroxyl groups excluding tert-OH is 1. The lowest BCUT2D eigenvalue weighted by Crippen LogP contribution is -2.28. The summed E-state index contributed by atoms with van der Waals surface area (Å²) in [6.45, 7) is 4.98. The van der Waals surface area contributed by atoms with E-state index in [2.05, 4.69) is 26.2 Å². The van der Waals surface area contributed by atoms with Crippen LogP contribution in [-0.4, -0.2) is 49.6 Å². The molecule has 7 heteroatoms. The molecule has 1 N–H and O–H groups in total. The van der Waals surface area contributed by atoms with Crippen LogP contribution in [0.15, 0.2) is 23.0 Å². The van der Waals surface area contributed by atoms with Crippen LogP contribution in [-0.2, 0) is 13.1 Å². The molecule has 0 aromatic carbocycles. The van der Waals surface area contributed by atoms with Gasteiger partial charge in [0.1, 0.15) is 0 Å². The van der Waals surface area contributed by atoms with Gasteiger partial charge in [0.15, 0.2) is 5.82 Å². The van der Waals surface area contributed by atoms with Gasteiger partial charge in [-0.15, -0.1) is 0 Å². The quantitative estimate of drug-likeness (QED) is 0.879. The minimum atomic E-state index is 0.109. The standard InChI is InChI=1S/C14H19N5O2/c1-11-16-14(21-17-11)10-18-4-2-12(3-5-18)13-8-15-19(9-13)6-7-20/h2,8-9,20H,3-7,10H2,1H3. The second-order valence-electron chi connectivity index (χ2n) is 5.17. The van der Waals surface area contributed by atoms with Crippen molar-refractivity contribution in [2.24, 2.45) is 0 Å². The Morgan fingerprint density at radius 1 is 1.43 bits per heavy atom. The Labute approximate surface area is 122 Å². The molecule has 2 aromatic rings. The third-order valence-electron chi connectivity index (χ3n) is 3.55. The molecule has 0 aliphatic carbocycles. The molecule has 0 saturated heterocycles.